The van der Waals surface area contributed by atoms with E-state index in [2.05, 4.69) is 5.32 Å². The molecule has 1 aliphatic rings. The maximum atomic E-state index is 12.0. The summed E-state index contributed by atoms with van der Waals surface area (Å²) in [5, 5.41) is 2.72. The van der Waals surface area contributed by atoms with Gasteiger partial charge in [0.25, 0.3) is 5.91 Å². The highest BCUT2D eigenvalue weighted by atomic mass is 32.2. The van der Waals surface area contributed by atoms with Crippen LogP contribution in [0.5, 0.6) is 11.5 Å². The van der Waals surface area contributed by atoms with E-state index in [-0.39, 0.29) is 12.5 Å². The first-order valence-electron chi connectivity index (χ1n) is 6.95. The number of amides is 1. The topological polar surface area (TPSA) is 84.9 Å². The monoisotopic (exact) mass is 328 g/mol. The zero-order valence-corrected chi connectivity index (χ0v) is 13.4. The lowest BCUT2D eigenvalue weighted by molar-refractivity contribution is -0.130. The van der Waals surface area contributed by atoms with Crippen molar-refractivity contribution >= 4 is 15.9 Å². The molecule has 22 heavy (non-hydrogen) atoms. The molecule has 1 N–H and O–H groups in total. The van der Waals surface area contributed by atoms with Crippen molar-refractivity contribution in [1.82, 2.24) is 9.62 Å². The molecule has 0 aromatic heterocycles. The molecule has 0 saturated heterocycles. The Labute approximate surface area is 130 Å². The highest BCUT2D eigenvalue weighted by Gasteiger charge is 2.26. The molecule has 0 radical (unpaired) electrons. The van der Waals surface area contributed by atoms with E-state index in [1.54, 1.807) is 12.1 Å². The van der Waals surface area contributed by atoms with Crippen molar-refractivity contribution in [1.29, 1.82) is 0 Å². The highest BCUT2D eigenvalue weighted by molar-refractivity contribution is 7.88. The van der Waals surface area contributed by atoms with E-state index in [0.29, 0.717) is 31.0 Å². The van der Waals surface area contributed by atoms with Crippen LogP contribution >= 0.6 is 0 Å². The number of rotatable bonds is 6. The Morgan fingerprint density at radius 1 is 1.36 bits per heavy atom. The fourth-order valence-electron chi connectivity index (χ4n) is 1.94. The molecule has 7 nitrogen and oxygen atoms in total. The number of ether oxygens (including phenoxy) is 2. The Bertz CT molecular complexity index is 632. The molecule has 1 aliphatic heterocycles. The van der Waals surface area contributed by atoms with Gasteiger partial charge >= 0.3 is 0 Å². The van der Waals surface area contributed by atoms with Crippen molar-refractivity contribution in [3.63, 3.8) is 0 Å². The quantitative estimate of drug-likeness (QED) is 0.755. The van der Waals surface area contributed by atoms with Crippen LogP contribution in [-0.2, 0) is 14.8 Å². The summed E-state index contributed by atoms with van der Waals surface area (Å²) in [5.41, 5.74) is 0. The van der Waals surface area contributed by atoms with Gasteiger partial charge in [0, 0.05) is 20.1 Å². The summed E-state index contributed by atoms with van der Waals surface area (Å²) in [4.78, 5) is 12.0. The van der Waals surface area contributed by atoms with Gasteiger partial charge in [-0.2, -0.15) is 0 Å². The van der Waals surface area contributed by atoms with Gasteiger partial charge in [0.1, 0.15) is 6.61 Å². The largest absolute Gasteiger partial charge is 0.485 e. The lowest BCUT2D eigenvalue weighted by Crippen LogP contribution is -2.44. The molecule has 8 heteroatoms. The van der Waals surface area contributed by atoms with Gasteiger partial charge in [0.2, 0.25) is 16.1 Å². The van der Waals surface area contributed by atoms with Crippen molar-refractivity contribution in [2.75, 3.05) is 33.0 Å². The molecule has 1 atom stereocenters. The molecule has 1 aromatic carbocycles. The molecule has 0 fully saturated rings. The summed E-state index contributed by atoms with van der Waals surface area (Å²) in [6.07, 6.45) is 0.984. The van der Waals surface area contributed by atoms with Crippen molar-refractivity contribution < 1.29 is 22.7 Å². The predicted molar refractivity (Wildman–Crippen MR) is 81.5 cm³/mol. The van der Waals surface area contributed by atoms with Gasteiger partial charge < -0.3 is 14.8 Å². The lowest BCUT2D eigenvalue weighted by Gasteiger charge is -2.25. The molecule has 1 unspecified atom stereocenters. The van der Waals surface area contributed by atoms with E-state index in [1.807, 2.05) is 12.1 Å². The first-order valence-corrected chi connectivity index (χ1v) is 8.80. The molecular formula is C14H20N2O5S. The van der Waals surface area contributed by atoms with E-state index >= 15 is 0 Å². The van der Waals surface area contributed by atoms with Crippen LogP contribution in [0, 0.1) is 0 Å². The molecule has 1 heterocycles. The van der Waals surface area contributed by atoms with Crippen LogP contribution in [0.25, 0.3) is 0 Å². The molecule has 1 amide bonds. The Morgan fingerprint density at radius 3 is 2.73 bits per heavy atom. The van der Waals surface area contributed by atoms with Gasteiger partial charge in [-0.05, 0) is 18.6 Å². The fourth-order valence-corrected chi connectivity index (χ4v) is 2.40. The second-order valence-electron chi connectivity index (χ2n) is 5.09. The molecule has 2 rings (SSSR count). The van der Waals surface area contributed by atoms with Crippen molar-refractivity contribution in [2.24, 2.45) is 0 Å². The number of carbonyl (C=O) groups excluding carboxylic acids is 1. The third-order valence-corrected chi connectivity index (χ3v) is 4.63. The fraction of sp³-hybridized carbons (Fsp3) is 0.500. The van der Waals surface area contributed by atoms with Crippen LogP contribution in [0.2, 0.25) is 0 Å². The van der Waals surface area contributed by atoms with Crippen molar-refractivity contribution in [3.05, 3.63) is 24.3 Å². The standard InChI is InChI=1S/C14H20N2O5S/c1-16(22(2,18)19)9-5-8-15-14(17)13-10-20-11-6-3-4-7-12(11)21-13/h3-4,6-7,13H,5,8-10H2,1-2H3,(H,15,17). The normalized spacial score (nSPS) is 17.3. The SMILES string of the molecule is CN(CCCNC(=O)C1COc2ccccc2O1)S(C)(=O)=O. The second kappa shape index (κ2) is 6.97. The molecule has 0 spiro atoms. The van der Waals surface area contributed by atoms with Gasteiger partial charge in [0.15, 0.2) is 11.5 Å². The van der Waals surface area contributed by atoms with Crippen LogP contribution in [0.1, 0.15) is 6.42 Å². The maximum absolute atomic E-state index is 12.0. The van der Waals surface area contributed by atoms with E-state index in [9.17, 15) is 13.2 Å². The summed E-state index contributed by atoms with van der Waals surface area (Å²) in [5.74, 6) is 0.906. The average molecular weight is 328 g/mol. The summed E-state index contributed by atoms with van der Waals surface area (Å²) in [6.45, 7) is 0.885. The number of nitrogens with zero attached hydrogens (tertiary/aromatic N) is 1. The van der Waals surface area contributed by atoms with E-state index in [0.717, 1.165) is 6.26 Å². The minimum Gasteiger partial charge on any atom is -0.485 e. The number of hydrogen-bond acceptors (Lipinski definition) is 5. The van der Waals surface area contributed by atoms with E-state index < -0.39 is 16.1 Å². The van der Waals surface area contributed by atoms with Crippen molar-refractivity contribution in [2.45, 2.75) is 12.5 Å². The molecule has 0 aliphatic carbocycles. The predicted octanol–water partition coefficient (Wildman–Crippen LogP) is 0.224. The number of benzene rings is 1. The van der Waals surface area contributed by atoms with E-state index in [4.69, 9.17) is 9.47 Å². The summed E-state index contributed by atoms with van der Waals surface area (Å²) in [7, 11) is -1.68. The Balaban J connectivity index is 1.75. The molecule has 1 aromatic rings. The van der Waals surface area contributed by atoms with E-state index in [1.165, 1.54) is 11.4 Å². The van der Waals surface area contributed by atoms with Crippen LogP contribution in [0.4, 0.5) is 0 Å². The van der Waals surface area contributed by atoms with Crippen LogP contribution in [-0.4, -0.2) is 57.7 Å². The molecular weight excluding hydrogens is 308 g/mol. The van der Waals surface area contributed by atoms with Gasteiger partial charge in [-0.25, -0.2) is 12.7 Å². The minimum atomic E-state index is -3.18. The summed E-state index contributed by atoms with van der Waals surface area (Å²) >= 11 is 0. The maximum Gasteiger partial charge on any atom is 0.264 e. The average Bonchev–Trinajstić information content (AvgIpc) is 2.49. The van der Waals surface area contributed by atoms with Gasteiger partial charge in [-0.3, -0.25) is 4.79 Å². The third kappa shape index (κ3) is 4.35. The zero-order chi connectivity index (χ0) is 16.2. The number of sulfonamides is 1. The van der Waals surface area contributed by atoms with Gasteiger partial charge in [-0.1, -0.05) is 12.1 Å². The Hall–Kier alpha value is -1.80. The lowest BCUT2D eigenvalue weighted by atomic mass is 10.2. The number of carbonyl (C=O) groups is 1. The molecule has 0 bridgehead atoms. The first kappa shape index (κ1) is 16.6. The third-order valence-electron chi connectivity index (χ3n) is 3.32. The van der Waals surface area contributed by atoms with Crippen LogP contribution in [0.15, 0.2) is 24.3 Å². The minimum absolute atomic E-state index is 0.159. The first-order chi connectivity index (χ1) is 10.4. The van der Waals surface area contributed by atoms with Crippen molar-refractivity contribution in [3.8, 4) is 11.5 Å². The number of hydrogen-bond donors (Lipinski definition) is 1. The summed E-state index contributed by atoms with van der Waals surface area (Å²) in [6, 6.07) is 7.17. The van der Waals surface area contributed by atoms with Gasteiger partial charge in [-0.15, -0.1) is 0 Å². The van der Waals surface area contributed by atoms with Crippen LogP contribution in [0.3, 0.4) is 0 Å². The number of fused-ring (bicyclic) bond motifs is 1. The zero-order valence-electron chi connectivity index (χ0n) is 12.6. The second-order valence-corrected chi connectivity index (χ2v) is 7.18. The van der Waals surface area contributed by atoms with Crippen LogP contribution < -0.4 is 14.8 Å². The highest BCUT2D eigenvalue weighted by Crippen LogP contribution is 2.30. The van der Waals surface area contributed by atoms with Gasteiger partial charge in [0.05, 0.1) is 6.26 Å². The Morgan fingerprint density at radius 2 is 2.05 bits per heavy atom. The molecule has 122 valence electrons. The smallest absolute Gasteiger partial charge is 0.264 e. The number of nitrogens with one attached hydrogen (secondary N) is 1. The Kier molecular flexibility index (Phi) is 5.25. The molecule has 0 saturated carbocycles. The number of para-hydroxylation sites is 2. The summed E-state index contributed by atoms with van der Waals surface area (Å²) < 4.78 is 34.8.